The first kappa shape index (κ1) is 12.1. The Bertz CT molecular complexity index is 522. The van der Waals surface area contributed by atoms with Crippen molar-refractivity contribution in [2.24, 2.45) is 5.73 Å². The molecule has 2 aromatic rings. The Hall–Kier alpha value is -2.35. The third-order valence-electron chi connectivity index (χ3n) is 2.15. The fraction of sp³-hybridized carbons (Fsp3) is 0.300. The minimum atomic E-state index is -0.276. The second-order valence-electron chi connectivity index (χ2n) is 3.75. The van der Waals surface area contributed by atoms with Crippen molar-refractivity contribution in [3.05, 3.63) is 30.4 Å². The van der Waals surface area contributed by atoms with Crippen LogP contribution in [0.3, 0.4) is 0 Å². The summed E-state index contributed by atoms with van der Waals surface area (Å²) < 4.78 is 1.41. The predicted molar refractivity (Wildman–Crippen MR) is 63.3 cm³/mol. The Morgan fingerprint density at radius 1 is 1.50 bits per heavy atom. The number of hydrogen-bond acceptors (Lipinski definition) is 6. The summed E-state index contributed by atoms with van der Waals surface area (Å²) in [5.41, 5.74) is 6.28. The van der Waals surface area contributed by atoms with Gasteiger partial charge in [-0.25, -0.2) is 14.6 Å². The summed E-state index contributed by atoms with van der Waals surface area (Å²) in [5, 5.41) is 10.2. The van der Waals surface area contributed by atoms with Crippen molar-refractivity contribution in [3.8, 4) is 0 Å². The Morgan fingerprint density at radius 2 is 2.22 bits per heavy atom. The molecule has 0 spiro atoms. The van der Waals surface area contributed by atoms with Gasteiger partial charge in [-0.1, -0.05) is 5.21 Å². The van der Waals surface area contributed by atoms with E-state index in [0.29, 0.717) is 5.69 Å². The van der Waals surface area contributed by atoms with Crippen LogP contribution in [0.2, 0.25) is 0 Å². The molecule has 8 heteroatoms. The maximum atomic E-state index is 11.7. The molecule has 0 saturated heterocycles. The number of nitrogens with zero attached hydrogens (tertiary/aromatic N) is 5. The van der Waals surface area contributed by atoms with Crippen LogP contribution in [-0.2, 0) is 11.3 Å². The van der Waals surface area contributed by atoms with Gasteiger partial charge in [0, 0.05) is 18.4 Å². The van der Waals surface area contributed by atoms with Crippen LogP contribution in [0.15, 0.2) is 24.7 Å². The summed E-state index contributed by atoms with van der Waals surface area (Å²) in [4.78, 5) is 19.4. The van der Waals surface area contributed by atoms with Crippen LogP contribution in [0.25, 0.3) is 0 Å². The van der Waals surface area contributed by atoms with Crippen LogP contribution in [0.5, 0.6) is 0 Å². The van der Waals surface area contributed by atoms with Gasteiger partial charge in [-0.05, 0) is 13.0 Å². The van der Waals surface area contributed by atoms with Gasteiger partial charge in [0.05, 0.1) is 11.9 Å². The summed E-state index contributed by atoms with van der Waals surface area (Å²) in [6.45, 7) is 1.84. The molecule has 3 N–H and O–H groups in total. The molecule has 1 amide bonds. The van der Waals surface area contributed by atoms with E-state index in [-0.39, 0.29) is 24.4 Å². The zero-order valence-corrected chi connectivity index (χ0v) is 9.82. The maximum Gasteiger partial charge on any atom is 0.248 e. The molecule has 2 heterocycles. The molecule has 0 aromatic carbocycles. The number of carbonyl (C=O) groups is 1. The number of carbonyl (C=O) groups excluding carboxylic acids is 1. The first-order valence-corrected chi connectivity index (χ1v) is 5.37. The highest BCUT2D eigenvalue weighted by Crippen LogP contribution is 2.03. The third-order valence-corrected chi connectivity index (χ3v) is 2.15. The largest absolute Gasteiger partial charge is 0.323 e. The fourth-order valence-electron chi connectivity index (χ4n) is 1.27. The number of nitrogens with two attached hydrogens (primary N) is 1. The van der Waals surface area contributed by atoms with Gasteiger partial charge in [-0.15, -0.1) is 5.10 Å². The average Bonchev–Trinajstić information content (AvgIpc) is 2.78. The van der Waals surface area contributed by atoms with Gasteiger partial charge in [0.25, 0.3) is 0 Å². The van der Waals surface area contributed by atoms with E-state index in [9.17, 15) is 4.79 Å². The molecule has 0 fully saturated rings. The normalized spacial score (nSPS) is 12.1. The van der Waals surface area contributed by atoms with Crippen LogP contribution in [-0.4, -0.2) is 30.9 Å². The van der Waals surface area contributed by atoms with Crippen LogP contribution < -0.4 is 11.1 Å². The van der Waals surface area contributed by atoms with Crippen molar-refractivity contribution in [1.82, 2.24) is 25.0 Å². The molecule has 94 valence electrons. The highest BCUT2D eigenvalue weighted by atomic mass is 16.2. The van der Waals surface area contributed by atoms with E-state index >= 15 is 0 Å². The highest BCUT2D eigenvalue weighted by molar-refractivity contribution is 5.88. The number of anilines is 1. The molecule has 0 aliphatic carbocycles. The molecule has 8 nitrogen and oxygen atoms in total. The van der Waals surface area contributed by atoms with E-state index in [1.54, 1.807) is 31.6 Å². The quantitative estimate of drug-likeness (QED) is 0.769. The van der Waals surface area contributed by atoms with Gasteiger partial charge < -0.3 is 5.73 Å². The molecule has 0 aliphatic heterocycles. The zero-order chi connectivity index (χ0) is 13.0. The molecule has 0 aliphatic rings. The van der Waals surface area contributed by atoms with E-state index in [1.807, 2.05) is 0 Å². The molecule has 18 heavy (non-hydrogen) atoms. The van der Waals surface area contributed by atoms with E-state index in [4.69, 9.17) is 5.73 Å². The topological polar surface area (TPSA) is 112 Å². The molecule has 0 saturated carbocycles. The Balaban J connectivity index is 1.95. The Labute approximate surface area is 103 Å². The number of hydrogen-bond donors (Lipinski definition) is 2. The van der Waals surface area contributed by atoms with Gasteiger partial charge in [0.2, 0.25) is 11.9 Å². The maximum absolute atomic E-state index is 11.7. The second-order valence-corrected chi connectivity index (χ2v) is 3.75. The summed E-state index contributed by atoms with van der Waals surface area (Å²) in [5.74, 6) is -0.0163. The summed E-state index contributed by atoms with van der Waals surface area (Å²) in [6.07, 6.45) is 4.73. The van der Waals surface area contributed by atoms with Crippen molar-refractivity contribution in [2.45, 2.75) is 19.5 Å². The third kappa shape index (κ3) is 3.08. The lowest BCUT2D eigenvalue weighted by Gasteiger charge is -2.02. The lowest BCUT2D eigenvalue weighted by Crippen LogP contribution is -2.20. The fourth-order valence-corrected chi connectivity index (χ4v) is 1.27. The smallest absolute Gasteiger partial charge is 0.248 e. The van der Waals surface area contributed by atoms with Crippen molar-refractivity contribution in [2.75, 3.05) is 5.32 Å². The number of rotatable bonds is 4. The van der Waals surface area contributed by atoms with Crippen LogP contribution in [0, 0.1) is 0 Å². The first-order valence-electron chi connectivity index (χ1n) is 5.37. The number of amides is 1. The van der Waals surface area contributed by atoms with Gasteiger partial charge in [0.15, 0.2) is 0 Å². The van der Waals surface area contributed by atoms with Crippen LogP contribution in [0.4, 0.5) is 5.95 Å². The zero-order valence-electron chi connectivity index (χ0n) is 9.82. The standard InChI is InChI=1S/C10H13N7O/c1-7(11)8-5-17(16-15-8)6-9(18)14-10-12-3-2-4-13-10/h2-5,7H,6,11H2,1H3,(H,12,13,14,18). The van der Waals surface area contributed by atoms with Crippen LogP contribution >= 0.6 is 0 Å². The Morgan fingerprint density at radius 3 is 2.83 bits per heavy atom. The lowest BCUT2D eigenvalue weighted by atomic mass is 10.3. The monoisotopic (exact) mass is 247 g/mol. The summed E-state index contributed by atoms with van der Waals surface area (Å²) >= 11 is 0. The van der Waals surface area contributed by atoms with Gasteiger partial charge in [-0.3, -0.25) is 10.1 Å². The van der Waals surface area contributed by atoms with Crippen LogP contribution in [0.1, 0.15) is 18.7 Å². The van der Waals surface area contributed by atoms with E-state index in [1.165, 1.54) is 4.68 Å². The van der Waals surface area contributed by atoms with Crippen molar-refractivity contribution >= 4 is 11.9 Å². The minimum absolute atomic E-state index is 0.0397. The molecular weight excluding hydrogens is 234 g/mol. The van der Waals surface area contributed by atoms with E-state index in [2.05, 4.69) is 25.6 Å². The molecule has 0 bridgehead atoms. The lowest BCUT2D eigenvalue weighted by molar-refractivity contribution is -0.117. The van der Waals surface area contributed by atoms with Gasteiger partial charge >= 0.3 is 0 Å². The van der Waals surface area contributed by atoms with E-state index < -0.39 is 0 Å². The molecule has 2 rings (SSSR count). The van der Waals surface area contributed by atoms with Crippen molar-refractivity contribution in [3.63, 3.8) is 0 Å². The summed E-state index contributed by atoms with van der Waals surface area (Å²) in [6, 6.07) is 1.46. The summed E-state index contributed by atoms with van der Waals surface area (Å²) in [7, 11) is 0. The minimum Gasteiger partial charge on any atom is -0.323 e. The molecule has 1 atom stereocenters. The SMILES string of the molecule is CC(N)c1cn(CC(=O)Nc2ncccn2)nn1. The molecule has 0 radical (unpaired) electrons. The first-order chi connectivity index (χ1) is 8.65. The predicted octanol–water partition coefficient (Wildman–Crippen LogP) is -0.274. The number of nitrogens with one attached hydrogen (secondary N) is 1. The number of aromatic nitrogens is 5. The highest BCUT2D eigenvalue weighted by Gasteiger charge is 2.09. The Kier molecular flexibility index (Phi) is 3.58. The van der Waals surface area contributed by atoms with Gasteiger partial charge in [-0.2, -0.15) is 0 Å². The molecular formula is C10H13N7O. The molecule has 1 unspecified atom stereocenters. The molecule has 2 aromatic heterocycles. The van der Waals surface area contributed by atoms with E-state index in [0.717, 1.165) is 0 Å². The van der Waals surface area contributed by atoms with Crippen molar-refractivity contribution < 1.29 is 4.79 Å². The van der Waals surface area contributed by atoms with Gasteiger partial charge in [0.1, 0.15) is 6.54 Å². The average molecular weight is 247 g/mol. The van der Waals surface area contributed by atoms with Crippen molar-refractivity contribution in [1.29, 1.82) is 0 Å². The second kappa shape index (κ2) is 5.32.